The maximum absolute atomic E-state index is 13.8. The van der Waals surface area contributed by atoms with Crippen molar-refractivity contribution in [3.05, 3.63) is 78.0 Å². The number of aromatic amines is 1. The van der Waals surface area contributed by atoms with Crippen LogP contribution in [0.1, 0.15) is 30.0 Å². The second-order valence-electron chi connectivity index (χ2n) is 8.25. The third-order valence-electron chi connectivity index (χ3n) is 6.15. The van der Waals surface area contributed by atoms with Gasteiger partial charge in [0.1, 0.15) is 5.82 Å². The number of nitrogens with zero attached hydrogens (tertiary/aromatic N) is 3. The molecule has 0 bridgehead atoms. The number of H-pyrrole nitrogens is 1. The number of carbonyl (C=O) groups excluding carboxylic acids is 1. The van der Waals surface area contributed by atoms with Crippen LogP contribution in [0.4, 0.5) is 10.3 Å². The van der Waals surface area contributed by atoms with Crippen molar-refractivity contribution in [1.82, 2.24) is 19.9 Å². The van der Waals surface area contributed by atoms with Crippen LogP contribution < -0.4 is 5.73 Å². The van der Waals surface area contributed by atoms with Crippen molar-refractivity contribution < 1.29 is 9.18 Å². The Morgan fingerprint density at radius 2 is 2.09 bits per heavy atom. The number of nitrogen functional groups attached to an aromatic ring is 1. The molecule has 0 spiro atoms. The third-order valence-corrected chi connectivity index (χ3v) is 6.15. The maximum Gasteiger partial charge on any atom is 0.227 e. The molecule has 32 heavy (non-hydrogen) atoms. The lowest BCUT2D eigenvalue weighted by Gasteiger charge is -2.33. The Labute approximate surface area is 185 Å². The number of hydrogen-bond donors (Lipinski definition) is 2. The largest absolute Gasteiger partial charge is 0.368 e. The van der Waals surface area contributed by atoms with E-state index in [1.54, 1.807) is 12.3 Å². The Balaban J connectivity index is 1.39. The highest BCUT2D eigenvalue weighted by atomic mass is 19.1. The number of fused-ring (bicyclic) bond motifs is 1. The van der Waals surface area contributed by atoms with Gasteiger partial charge in [-0.2, -0.15) is 0 Å². The van der Waals surface area contributed by atoms with Gasteiger partial charge >= 0.3 is 0 Å². The minimum atomic E-state index is -0.315. The predicted molar refractivity (Wildman–Crippen MR) is 122 cm³/mol. The molecule has 3 heterocycles. The molecule has 2 aromatic carbocycles. The van der Waals surface area contributed by atoms with E-state index in [9.17, 15) is 9.18 Å². The highest BCUT2D eigenvalue weighted by molar-refractivity contribution is 5.89. The van der Waals surface area contributed by atoms with E-state index in [-0.39, 0.29) is 23.6 Å². The van der Waals surface area contributed by atoms with Gasteiger partial charge < -0.3 is 15.6 Å². The molecule has 0 unspecified atom stereocenters. The predicted octanol–water partition coefficient (Wildman–Crippen LogP) is 4.29. The van der Waals surface area contributed by atoms with Gasteiger partial charge in [-0.15, -0.1) is 0 Å². The number of aromatic nitrogens is 3. The molecule has 4 aromatic rings. The van der Waals surface area contributed by atoms with Crippen LogP contribution in [0.2, 0.25) is 0 Å². The summed E-state index contributed by atoms with van der Waals surface area (Å²) in [7, 11) is 0. The second kappa shape index (κ2) is 8.42. The first-order valence-electron chi connectivity index (χ1n) is 10.8. The number of para-hydroxylation sites is 1. The van der Waals surface area contributed by atoms with E-state index in [0.717, 1.165) is 40.6 Å². The molecule has 5 rings (SSSR count). The monoisotopic (exact) mass is 429 g/mol. The maximum atomic E-state index is 13.8. The Hall–Kier alpha value is -3.74. The molecular weight excluding hydrogens is 405 g/mol. The number of halogens is 1. The highest BCUT2D eigenvalue weighted by Crippen LogP contribution is 2.34. The standard InChI is InChI=1S/C25H24FN5O/c26-19-7-3-5-16(11-19)21-14-29-25(27)30-24(21)17-6-4-10-31(15-17)23(32)12-18-13-28-22-9-2-1-8-20(18)22/h1-3,5,7-9,11,13-14,17,28H,4,6,10,12,15H2,(H2,27,29,30)/t17-/m1/s1. The Bertz CT molecular complexity index is 1280. The molecule has 1 saturated heterocycles. The average Bonchev–Trinajstić information content (AvgIpc) is 3.22. The fourth-order valence-electron chi connectivity index (χ4n) is 4.58. The quantitative estimate of drug-likeness (QED) is 0.506. The van der Waals surface area contributed by atoms with E-state index in [1.807, 2.05) is 41.4 Å². The molecule has 0 aliphatic carbocycles. The summed E-state index contributed by atoms with van der Waals surface area (Å²) in [6.07, 6.45) is 5.67. The van der Waals surface area contributed by atoms with E-state index in [4.69, 9.17) is 5.73 Å². The van der Waals surface area contributed by atoms with Crippen molar-refractivity contribution in [3.8, 4) is 11.1 Å². The normalized spacial score (nSPS) is 16.4. The number of benzene rings is 2. The molecule has 7 heteroatoms. The van der Waals surface area contributed by atoms with Crippen LogP contribution in [0, 0.1) is 5.82 Å². The van der Waals surface area contributed by atoms with E-state index in [1.165, 1.54) is 12.1 Å². The van der Waals surface area contributed by atoms with Crippen LogP contribution in [0.3, 0.4) is 0 Å². The number of carbonyl (C=O) groups is 1. The van der Waals surface area contributed by atoms with Crippen molar-refractivity contribution >= 4 is 22.8 Å². The highest BCUT2D eigenvalue weighted by Gasteiger charge is 2.28. The second-order valence-corrected chi connectivity index (χ2v) is 8.25. The molecule has 1 amide bonds. The molecule has 162 valence electrons. The van der Waals surface area contributed by atoms with E-state index < -0.39 is 0 Å². The first kappa shape index (κ1) is 20.2. The number of hydrogen-bond acceptors (Lipinski definition) is 4. The van der Waals surface area contributed by atoms with Crippen molar-refractivity contribution in [2.45, 2.75) is 25.2 Å². The van der Waals surface area contributed by atoms with Crippen LogP contribution in [0.5, 0.6) is 0 Å². The van der Waals surface area contributed by atoms with E-state index in [2.05, 4.69) is 15.0 Å². The molecular formula is C25H24FN5O. The van der Waals surface area contributed by atoms with Crippen LogP contribution in [0.25, 0.3) is 22.0 Å². The Morgan fingerprint density at radius 3 is 2.97 bits per heavy atom. The van der Waals surface area contributed by atoms with Crippen molar-refractivity contribution in [2.24, 2.45) is 0 Å². The zero-order valence-corrected chi connectivity index (χ0v) is 17.6. The summed E-state index contributed by atoms with van der Waals surface area (Å²) in [6, 6.07) is 14.4. The number of likely N-dealkylation sites (tertiary alicyclic amines) is 1. The first-order valence-corrected chi connectivity index (χ1v) is 10.8. The van der Waals surface area contributed by atoms with Gasteiger partial charge in [0.25, 0.3) is 0 Å². The van der Waals surface area contributed by atoms with Crippen LogP contribution in [0.15, 0.2) is 60.9 Å². The van der Waals surface area contributed by atoms with Gasteiger partial charge in [0.05, 0.1) is 12.1 Å². The summed E-state index contributed by atoms with van der Waals surface area (Å²) < 4.78 is 13.8. The molecule has 1 aliphatic heterocycles. The van der Waals surface area contributed by atoms with Crippen LogP contribution >= 0.6 is 0 Å². The smallest absolute Gasteiger partial charge is 0.227 e. The van der Waals surface area contributed by atoms with Gasteiger partial charge in [0.15, 0.2) is 0 Å². The summed E-state index contributed by atoms with van der Waals surface area (Å²) in [5, 5.41) is 1.08. The lowest BCUT2D eigenvalue weighted by Crippen LogP contribution is -2.40. The van der Waals surface area contributed by atoms with Gasteiger partial charge in [0, 0.05) is 47.9 Å². The molecule has 1 fully saturated rings. The Morgan fingerprint density at radius 1 is 1.22 bits per heavy atom. The number of rotatable bonds is 4. The molecule has 1 aliphatic rings. The fourth-order valence-corrected chi connectivity index (χ4v) is 4.58. The number of amides is 1. The summed E-state index contributed by atoms with van der Waals surface area (Å²) in [6.45, 7) is 1.27. The minimum Gasteiger partial charge on any atom is -0.368 e. The summed E-state index contributed by atoms with van der Waals surface area (Å²) in [5.74, 6) is -0.0279. The van der Waals surface area contributed by atoms with Crippen LogP contribution in [-0.4, -0.2) is 38.8 Å². The SMILES string of the molecule is Nc1ncc(-c2cccc(F)c2)c([C@@H]2CCCN(C(=O)Cc3c[nH]c4ccccc34)C2)n1. The summed E-state index contributed by atoms with van der Waals surface area (Å²) in [5.41, 5.74) is 10.2. The van der Waals surface area contributed by atoms with Gasteiger partial charge in [0.2, 0.25) is 11.9 Å². The summed E-state index contributed by atoms with van der Waals surface area (Å²) in [4.78, 5) is 26.9. The third kappa shape index (κ3) is 3.93. The number of anilines is 1. The fraction of sp³-hybridized carbons (Fsp3) is 0.240. The first-order chi connectivity index (χ1) is 15.6. The van der Waals surface area contributed by atoms with Gasteiger partial charge in [-0.05, 0) is 42.2 Å². The topological polar surface area (TPSA) is 87.9 Å². The van der Waals surface area contributed by atoms with Crippen molar-refractivity contribution in [1.29, 1.82) is 0 Å². The molecule has 1 atom stereocenters. The van der Waals surface area contributed by atoms with E-state index >= 15 is 0 Å². The van der Waals surface area contributed by atoms with Crippen molar-refractivity contribution in [2.75, 3.05) is 18.8 Å². The summed E-state index contributed by atoms with van der Waals surface area (Å²) >= 11 is 0. The van der Waals surface area contributed by atoms with E-state index in [0.29, 0.717) is 25.1 Å². The van der Waals surface area contributed by atoms with Gasteiger partial charge in [-0.25, -0.2) is 14.4 Å². The number of nitrogens with two attached hydrogens (primary N) is 1. The molecule has 2 aromatic heterocycles. The number of piperidine rings is 1. The molecule has 0 radical (unpaired) electrons. The molecule has 6 nitrogen and oxygen atoms in total. The molecule has 3 N–H and O–H groups in total. The van der Waals surface area contributed by atoms with Crippen molar-refractivity contribution in [3.63, 3.8) is 0 Å². The van der Waals surface area contributed by atoms with Gasteiger partial charge in [-0.3, -0.25) is 4.79 Å². The molecule has 0 saturated carbocycles. The Kier molecular flexibility index (Phi) is 5.31. The average molecular weight is 429 g/mol. The lowest BCUT2D eigenvalue weighted by molar-refractivity contribution is -0.131. The zero-order chi connectivity index (χ0) is 22.1. The lowest BCUT2D eigenvalue weighted by atomic mass is 9.89. The minimum absolute atomic E-state index is 0.0132. The number of nitrogens with one attached hydrogen (secondary N) is 1. The van der Waals surface area contributed by atoms with Crippen LogP contribution in [-0.2, 0) is 11.2 Å². The van der Waals surface area contributed by atoms with Gasteiger partial charge in [-0.1, -0.05) is 30.3 Å². The zero-order valence-electron chi connectivity index (χ0n) is 17.6.